The van der Waals surface area contributed by atoms with E-state index in [0.717, 1.165) is 0 Å². The third kappa shape index (κ3) is 3.97. The van der Waals surface area contributed by atoms with Gasteiger partial charge in [-0.15, -0.1) is 5.16 Å². The summed E-state index contributed by atoms with van der Waals surface area (Å²) < 4.78 is 5.04. The van der Waals surface area contributed by atoms with Gasteiger partial charge in [0, 0.05) is 19.7 Å². The normalized spacial score (nSPS) is 12.8. The number of nitrogens with zero attached hydrogens (tertiary/aromatic N) is 1. The molecule has 0 aromatic heterocycles. The summed E-state index contributed by atoms with van der Waals surface area (Å²) in [6, 6.07) is 0. The van der Waals surface area contributed by atoms with Crippen LogP contribution in [0.1, 0.15) is 20.3 Å². The van der Waals surface area contributed by atoms with Crippen LogP contribution in [-0.4, -0.2) is 24.1 Å². The first-order chi connectivity index (χ1) is 4.12. The molecule has 0 atom stereocenters. The standard InChI is InChI=1S/C6H13NO2/c1-6(2,9-3)4-5-7-8/h5,8H,4H2,1-3H3. The van der Waals surface area contributed by atoms with E-state index in [0.29, 0.717) is 6.42 Å². The first-order valence-corrected chi connectivity index (χ1v) is 2.83. The SMILES string of the molecule is COC(C)(C)CC=NO. The van der Waals surface area contributed by atoms with Gasteiger partial charge in [-0.2, -0.15) is 0 Å². The Bertz CT molecular complexity index is 99.2. The van der Waals surface area contributed by atoms with Gasteiger partial charge in [0.2, 0.25) is 0 Å². The summed E-state index contributed by atoms with van der Waals surface area (Å²) in [6.45, 7) is 3.85. The summed E-state index contributed by atoms with van der Waals surface area (Å²) in [4.78, 5) is 0. The molecule has 0 aromatic carbocycles. The Morgan fingerprint density at radius 3 is 2.56 bits per heavy atom. The van der Waals surface area contributed by atoms with Gasteiger partial charge in [0.25, 0.3) is 0 Å². The lowest BCUT2D eigenvalue weighted by atomic mass is 10.1. The van der Waals surface area contributed by atoms with E-state index < -0.39 is 0 Å². The molecule has 0 rings (SSSR count). The van der Waals surface area contributed by atoms with E-state index in [1.54, 1.807) is 7.11 Å². The molecular formula is C6H13NO2. The van der Waals surface area contributed by atoms with Gasteiger partial charge in [-0.1, -0.05) is 0 Å². The highest BCUT2D eigenvalue weighted by atomic mass is 16.5. The quantitative estimate of drug-likeness (QED) is 0.356. The first kappa shape index (κ1) is 8.43. The summed E-state index contributed by atoms with van der Waals surface area (Å²) in [7, 11) is 1.63. The lowest BCUT2D eigenvalue weighted by molar-refractivity contribution is 0.0296. The minimum absolute atomic E-state index is 0.216. The average Bonchev–Trinajstić information content (AvgIpc) is 1.84. The third-order valence-electron chi connectivity index (χ3n) is 1.22. The zero-order chi connectivity index (χ0) is 7.33. The van der Waals surface area contributed by atoms with Crippen LogP contribution in [0.5, 0.6) is 0 Å². The van der Waals surface area contributed by atoms with Crippen molar-refractivity contribution in [2.75, 3.05) is 7.11 Å². The fourth-order valence-corrected chi connectivity index (χ4v) is 0.344. The smallest absolute Gasteiger partial charge is 0.0673 e. The lowest BCUT2D eigenvalue weighted by Gasteiger charge is -2.19. The predicted octanol–water partition coefficient (Wildman–Crippen LogP) is 1.26. The monoisotopic (exact) mass is 131 g/mol. The van der Waals surface area contributed by atoms with Crippen molar-refractivity contribution in [3.63, 3.8) is 0 Å². The molecule has 54 valence electrons. The van der Waals surface area contributed by atoms with Gasteiger partial charge in [0.15, 0.2) is 0 Å². The van der Waals surface area contributed by atoms with E-state index >= 15 is 0 Å². The molecule has 0 saturated heterocycles. The molecule has 0 aliphatic heterocycles. The fourth-order valence-electron chi connectivity index (χ4n) is 0.344. The van der Waals surface area contributed by atoms with Gasteiger partial charge in [0.1, 0.15) is 0 Å². The van der Waals surface area contributed by atoms with E-state index in [1.165, 1.54) is 6.21 Å². The second kappa shape index (κ2) is 3.45. The Hall–Kier alpha value is -0.570. The molecule has 3 heteroatoms. The number of rotatable bonds is 3. The Morgan fingerprint density at radius 2 is 2.22 bits per heavy atom. The van der Waals surface area contributed by atoms with E-state index in [2.05, 4.69) is 5.16 Å². The molecule has 0 spiro atoms. The summed E-state index contributed by atoms with van der Waals surface area (Å²) >= 11 is 0. The van der Waals surface area contributed by atoms with Gasteiger partial charge < -0.3 is 9.94 Å². The van der Waals surface area contributed by atoms with Crippen LogP contribution < -0.4 is 0 Å². The molecule has 0 unspecified atom stereocenters. The lowest BCUT2D eigenvalue weighted by Crippen LogP contribution is -2.22. The van der Waals surface area contributed by atoms with Crippen molar-refractivity contribution < 1.29 is 9.94 Å². The number of ether oxygens (including phenoxy) is 1. The summed E-state index contributed by atoms with van der Waals surface area (Å²) in [5.41, 5.74) is -0.216. The highest BCUT2D eigenvalue weighted by Gasteiger charge is 2.13. The Kier molecular flexibility index (Phi) is 3.24. The number of oxime groups is 1. The summed E-state index contributed by atoms with van der Waals surface area (Å²) in [6.07, 6.45) is 2.05. The van der Waals surface area contributed by atoms with Gasteiger partial charge in [-0.3, -0.25) is 0 Å². The summed E-state index contributed by atoms with van der Waals surface area (Å²) in [5, 5.41) is 10.9. The van der Waals surface area contributed by atoms with Crippen molar-refractivity contribution in [3.05, 3.63) is 0 Å². The molecule has 0 aliphatic carbocycles. The Morgan fingerprint density at radius 1 is 1.67 bits per heavy atom. The molecule has 0 radical (unpaired) electrons. The van der Waals surface area contributed by atoms with Crippen LogP contribution in [0.15, 0.2) is 5.16 Å². The Balaban J connectivity index is 3.58. The zero-order valence-electron chi connectivity index (χ0n) is 6.09. The first-order valence-electron chi connectivity index (χ1n) is 2.83. The minimum atomic E-state index is -0.216. The van der Waals surface area contributed by atoms with Crippen LogP contribution in [0.25, 0.3) is 0 Å². The fraction of sp³-hybridized carbons (Fsp3) is 0.833. The van der Waals surface area contributed by atoms with Crippen LogP contribution >= 0.6 is 0 Å². The molecule has 3 nitrogen and oxygen atoms in total. The van der Waals surface area contributed by atoms with Crippen LogP contribution in [0, 0.1) is 0 Å². The van der Waals surface area contributed by atoms with Gasteiger partial charge in [-0.25, -0.2) is 0 Å². The van der Waals surface area contributed by atoms with E-state index in [-0.39, 0.29) is 5.60 Å². The second-order valence-corrected chi connectivity index (χ2v) is 2.47. The minimum Gasteiger partial charge on any atom is -0.411 e. The highest BCUT2D eigenvalue weighted by molar-refractivity contribution is 5.57. The van der Waals surface area contributed by atoms with E-state index in [4.69, 9.17) is 9.94 Å². The van der Waals surface area contributed by atoms with Gasteiger partial charge >= 0.3 is 0 Å². The zero-order valence-corrected chi connectivity index (χ0v) is 6.09. The maximum absolute atomic E-state index is 8.04. The second-order valence-electron chi connectivity index (χ2n) is 2.47. The highest BCUT2D eigenvalue weighted by Crippen LogP contribution is 2.09. The van der Waals surface area contributed by atoms with Gasteiger partial charge in [0.05, 0.1) is 5.60 Å². The average molecular weight is 131 g/mol. The van der Waals surface area contributed by atoms with Crippen LogP contribution in [0.3, 0.4) is 0 Å². The predicted molar refractivity (Wildman–Crippen MR) is 36.0 cm³/mol. The van der Waals surface area contributed by atoms with Crippen LogP contribution in [0.2, 0.25) is 0 Å². The maximum atomic E-state index is 8.04. The third-order valence-corrected chi connectivity index (χ3v) is 1.22. The molecule has 0 saturated carbocycles. The van der Waals surface area contributed by atoms with Crippen molar-refractivity contribution >= 4 is 6.21 Å². The molecule has 0 heterocycles. The van der Waals surface area contributed by atoms with Crippen molar-refractivity contribution in [2.45, 2.75) is 25.9 Å². The number of hydrogen-bond donors (Lipinski definition) is 1. The van der Waals surface area contributed by atoms with E-state index in [9.17, 15) is 0 Å². The molecule has 1 N–H and O–H groups in total. The van der Waals surface area contributed by atoms with Crippen LogP contribution in [0.4, 0.5) is 0 Å². The maximum Gasteiger partial charge on any atom is 0.0673 e. The van der Waals surface area contributed by atoms with Crippen LogP contribution in [-0.2, 0) is 4.74 Å². The number of hydrogen-bond acceptors (Lipinski definition) is 3. The summed E-state index contributed by atoms with van der Waals surface area (Å²) in [5.74, 6) is 0. The molecule has 0 amide bonds. The Labute approximate surface area is 55.3 Å². The van der Waals surface area contributed by atoms with E-state index in [1.807, 2.05) is 13.8 Å². The topological polar surface area (TPSA) is 41.8 Å². The van der Waals surface area contributed by atoms with Crippen molar-refractivity contribution in [3.8, 4) is 0 Å². The van der Waals surface area contributed by atoms with Crippen molar-refractivity contribution in [1.82, 2.24) is 0 Å². The molecule has 9 heavy (non-hydrogen) atoms. The molecule has 0 bridgehead atoms. The molecule has 0 fully saturated rings. The molecule has 0 aromatic rings. The van der Waals surface area contributed by atoms with Crippen molar-refractivity contribution in [1.29, 1.82) is 0 Å². The van der Waals surface area contributed by atoms with Gasteiger partial charge in [-0.05, 0) is 13.8 Å². The number of methoxy groups -OCH3 is 1. The van der Waals surface area contributed by atoms with Crippen molar-refractivity contribution in [2.24, 2.45) is 5.16 Å². The largest absolute Gasteiger partial charge is 0.411 e. The molecular weight excluding hydrogens is 118 g/mol. The molecule has 0 aliphatic rings.